The minimum Gasteiger partial charge on any atom is -0.383 e. The summed E-state index contributed by atoms with van der Waals surface area (Å²) in [6.07, 6.45) is 1.39. The molecule has 0 aromatic heterocycles. The number of rotatable bonds is 5. The number of likely N-dealkylation sites (tertiary alicyclic amines) is 1. The van der Waals surface area contributed by atoms with Crippen molar-refractivity contribution < 1.29 is 4.74 Å². The van der Waals surface area contributed by atoms with Gasteiger partial charge in [-0.15, -0.1) is 0 Å². The second-order valence-corrected chi connectivity index (χ2v) is 4.25. The molecular weight excluding hydrogens is 150 g/mol. The number of hydrogen-bond donors (Lipinski definition) is 0. The maximum atomic E-state index is 5.02. The quantitative estimate of drug-likeness (QED) is 0.623. The molecule has 1 fully saturated rings. The zero-order chi connectivity index (χ0) is 8.97. The predicted molar refractivity (Wildman–Crippen MR) is 51.3 cm³/mol. The molecule has 0 spiro atoms. The van der Waals surface area contributed by atoms with Crippen molar-refractivity contribution in [3.63, 3.8) is 0 Å². The van der Waals surface area contributed by atoms with E-state index in [-0.39, 0.29) is 0 Å². The van der Waals surface area contributed by atoms with Gasteiger partial charge >= 0.3 is 0 Å². The van der Waals surface area contributed by atoms with Gasteiger partial charge in [0.1, 0.15) is 0 Å². The van der Waals surface area contributed by atoms with Crippen molar-refractivity contribution in [3.8, 4) is 0 Å². The minimum atomic E-state index is 0.861. The van der Waals surface area contributed by atoms with Gasteiger partial charge in [-0.25, -0.2) is 0 Å². The first-order chi connectivity index (χ1) is 5.72. The summed E-state index contributed by atoms with van der Waals surface area (Å²) in [5, 5.41) is 0. The Labute approximate surface area is 75.9 Å². The van der Waals surface area contributed by atoms with Crippen molar-refractivity contribution in [1.29, 1.82) is 0 Å². The van der Waals surface area contributed by atoms with Gasteiger partial charge in [0.25, 0.3) is 0 Å². The maximum absolute atomic E-state index is 5.02. The molecule has 12 heavy (non-hydrogen) atoms. The summed E-state index contributed by atoms with van der Waals surface area (Å²) in [5.41, 5.74) is 0. The predicted octanol–water partition coefficient (Wildman–Crippen LogP) is 1.61. The molecule has 2 nitrogen and oxygen atoms in total. The van der Waals surface area contributed by atoms with E-state index in [1.54, 1.807) is 7.11 Å². The second kappa shape index (κ2) is 4.83. The highest BCUT2D eigenvalue weighted by atomic mass is 16.5. The summed E-state index contributed by atoms with van der Waals surface area (Å²) >= 11 is 0. The van der Waals surface area contributed by atoms with Gasteiger partial charge in [-0.2, -0.15) is 0 Å². The van der Waals surface area contributed by atoms with Gasteiger partial charge < -0.3 is 9.64 Å². The van der Waals surface area contributed by atoms with E-state index < -0.39 is 0 Å². The molecule has 1 saturated heterocycles. The average molecular weight is 171 g/mol. The molecule has 2 heteroatoms. The Hall–Kier alpha value is -0.0800. The van der Waals surface area contributed by atoms with Gasteiger partial charge in [-0.3, -0.25) is 0 Å². The summed E-state index contributed by atoms with van der Waals surface area (Å²) in [6, 6.07) is 0. The van der Waals surface area contributed by atoms with Crippen LogP contribution in [0.1, 0.15) is 20.3 Å². The van der Waals surface area contributed by atoms with E-state index >= 15 is 0 Å². The van der Waals surface area contributed by atoms with Gasteiger partial charge in [-0.05, 0) is 18.3 Å². The fourth-order valence-corrected chi connectivity index (χ4v) is 1.90. The third-order valence-corrected chi connectivity index (χ3v) is 2.45. The molecule has 0 bridgehead atoms. The highest BCUT2D eigenvalue weighted by molar-refractivity contribution is 4.79. The highest BCUT2D eigenvalue weighted by Crippen LogP contribution is 2.22. The Morgan fingerprint density at radius 2 is 2.08 bits per heavy atom. The monoisotopic (exact) mass is 171 g/mol. The maximum Gasteiger partial charge on any atom is 0.0589 e. The normalized spacial score (nSPS) is 20.0. The van der Waals surface area contributed by atoms with Crippen LogP contribution in [0.2, 0.25) is 0 Å². The lowest BCUT2D eigenvalue weighted by Crippen LogP contribution is -2.48. The van der Waals surface area contributed by atoms with Crippen LogP contribution >= 0.6 is 0 Å². The molecule has 0 atom stereocenters. The molecule has 1 heterocycles. The lowest BCUT2D eigenvalue weighted by Gasteiger charge is -2.40. The van der Waals surface area contributed by atoms with Gasteiger partial charge in [-0.1, -0.05) is 13.8 Å². The molecule has 1 rings (SSSR count). The van der Waals surface area contributed by atoms with E-state index in [0.29, 0.717) is 0 Å². The van der Waals surface area contributed by atoms with E-state index in [1.807, 2.05) is 0 Å². The molecule has 0 radical (unpaired) electrons. The fourth-order valence-electron chi connectivity index (χ4n) is 1.90. The molecule has 1 aliphatic rings. The van der Waals surface area contributed by atoms with E-state index in [4.69, 9.17) is 4.74 Å². The van der Waals surface area contributed by atoms with E-state index in [9.17, 15) is 0 Å². The Kier molecular flexibility index (Phi) is 4.02. The van der Waals surface area contributed by atoms with Crippen molar-refractivity contribution in [2.45, 2.75) is 20.3 Å². The molecule has 1 aliphatic heterocycles. The number of hydrogen-bond acceptors (Lipinski definition) is 2. The van der Waals surface area contributed by atoms with Gasteiger partial charge in [0.05, 0.1) is 6.61 Å². The van der Waals surface area contributed by atoms with E-state index in [0.717, 1.165) is 25.0 Å². The van der Waals surface area contributed by atoms with Crippen LogP contribution < -0.4 is 0 Å². The van der Waals surface area contributed by atoms with Crippen LogP contribution in [-0.4, -0.2) is 38.3 Å². The third kappa shape index (κ3) is 3.11. The number of ether oxygens (including phenoxy) is 1. The van der Waals surface area contributed by atoms with Crippen LogP contribution in [0, 0.1) is 11.8 Å². The van der Waals surface area contributed by atoms with Gasteiger partial charge in [0, 0.05) is 26.7 Å². The molecule has 0 unspecified atom stereocenters. The Balaban J connectivity index is 1.96. The highest BCUT2D eigenvalue weighted by Gasteiger charge is 2.26. The summed E-state index contributed by atoms with van der Waals surface area (Å²) in [5.74, 6) is 1.82. The van der Waals surface area contributed by atoms with Crippen LogP contribution in [0.5, 0.6) is 0 Å². The second-order valence-electron chi connectivity index (χ2n) is 4.25. The van der Waals surface area contributed by atoms with Crippen molar-refractivity contribution >= 4 is 0 Å². The summed E-state index contributed by atoms with van der Waals surface area (Å²) in [7, 11) is 1.77. The van der Waals surface area contributed by atoms with E-state index in [1.165, 1.54) is 19.5 Å². The molecule has 0 saturated carbocycles. The zero-order valence-corrected chi connectivity index (χ0v) is 8.55. The molecule has 0 amide bonds. The van der Waals surface area contributed by atoms with Crippen LogP contribution in [-0.2, 0) is 4.74 Å². The van der Waals surface area contributed by atoms with Crippen molar-refractivity contribution in [1.82, 2.24) is 4.90 Å². The molecule has 0 N–H and O–H groups in total. The minimum absolute atomic E-state index is 0.861. The van der Waals surface area contributed by atoms with Crippen molar-refractivity contribution in [2.24, 2.45) is 11.8 Å². The van der Waals surface area contributed by atoms with Crippen LogP contribution in [0.3, 0.4) is 0 Å². The SMILES string of the molecule is COCCN1CC(CC(C)C)C1. The Morgan fingerprint density at radius 1 is 1.42 bits per heavy atom. The summed E-state index contributed by atoms with van der Waals surface area (Å²) < 4.78 is 5.02. The largest absolute Gasteiger partial charge is 0.383 e. The standard InChI is InChI=1S/C10H21NO/c1-9(2)6-10-7-11(8-10)4-5-12-3/h9-10H,4-8H2,1-3H3. The molecular formula is C10H21NO. The van der Waals surface area contributed by atoms with E-state index in [2.05, 4.69) is 18.7 Å². The third-order valence-electron chi connectivity index (χ3n) is 2.45. The Morgan fingerprint density at radius 3 is 2.58 bits per heavy atom. The van der Waals surface area contributed by atoms with Crippen LogP contribution in [0.4, 0.5) is 0 Å². The summed E-state index contributed by atoms with van der Waals surface area (Å²) in [6.45, 7) is 9.19. The fraction of sp³-hybridized carbons (Fsp3) is 1.00. The lowest BCUT2D eigenvalue weighted by molar-refractivity contribution is 0.0549. The smallest absolute Gasteiger partial charge is 0.0589 e. The first-order valence-electron chi connectivity index (χ1n) is 4.93. The van der Waals surface area contributed by atoms with Crippen LogP contribution in [0.15, 0.2) is 0 Å². The van der Waals surface area contributed by atoms with Crippen molar-refractivity contribution in [3.05, 3.63) is 0 Å². The topological polar surface area (TPSA) is 12.5 Å². The Bertz CT molecular complexity index is 119. The summed E-state index contributed by atoms with van der Waals surface area (Å²) in [4.78, 5) is 2.47. The van der Waals surface area contributed by atoms with Gasteiger partial charge in [0.15, 0.2) is 0 Å². The average Bonchev–Trinajstić information content (AvgIpc) is 1.93. The zero-order valence-electron chi connectivity index (χ0n) is 8.55. The number of nitrogens with zero attached hydrogens (tertiary/aromatic N) is 1. The van der Waals surface area contributed by atoms with Crippen molar-refractivity contribution in [2.75, 3.05) is 33.4 Å². The van der Waals surface area contributed by atoms with Crippen LogP contribution in [0.25, 0.3) is 0 Å². The number of methoxy groups -OCH3 is 1. The molecule has 0 aromatic carbocycles. The first kappa shape index (κ1) is 10.0. The first-order valence-corrected chi connectivity index (χ1v) is 4.93. The molecule has 0 aromatic rings. The molecule has 72 valence electrons. The van der Waals surface area contributed by atoms with Gasteiger partial charge in [0.2, 0.25) is 0 Å². The lowest BCUT2D eigenvalue weighted by atomic mass is 9.90. The molecule has 0 aliphatic carbocycles.